The van der Waals surface area contributed by atoms with Crippen LogP contribution in [0.4, 0.5) is 10.1 Å². The van der Waals surface area contributed by atoms with Crippen LogP contribution >= 0.6 is 0 Å². The van der Waals surface area contributed by atoms with Crippen LogP contribution in [-0.2, 0) is 20.8 Å². The molecule has 4 rings (SSSR count). The Balaban J connectivity index is 1.53. The summed E-state index contributed by atoms with van der Waals surface area (Å²) in [5.41, 5.74) is 2.03. The fraction of sp³-hybridized carbons (Fsp3) is 0.536. The Morgan fingerprint density at radius 1 is 1.12 bits per heavy atom. The zero-order valence-electron chi connectivity index (χ0n) is 20.4. The first kappa shape index (κ1) is 24.5. The summed E-state index contributed by atoms with van der Waals surface area (Å²) in [5, 5.41) is 3.39. The largest absolute Gasteiger partial charge is 0.483 e. The van der Waals surface area contributed by atoms with Crippen molar-refractivity contribution in [1.82, 2.24) is 0 Å². The van der Waals surface area contributed by atoms with Crippen molar-refractivity contribution in [3.8, 4) is 5.75 Å². The second-order valence-electron chi connectivity index (χ2n) is 10.1. The highest BCUT2D eigenvalue weighted by Crippen LogP contribution is 2.44. The lowest BCUT2D eigenvalue weighted by Crippen LogP contribution is -2.51. The molecule has 0 amide bonds. The first-order valence-electron chi connectivity index (χ1n) is 12.4. The zero-order valence-corrected chi connectivity index (χ0v) is 20.4. The molecule has 0 spiro atoms. The van der Waals surface area contributed by atoms with Gasteiger partial charge in [-0.3, -0.25) is 4.79 Å². The molecule has 1 saturated carbocycles. The van der Waals surface area contributed by atoms with Crippen LogP contribution in [-0.4, -0.2) is 24.3 Å². The Bertz CT molecular complexity index is 969. The fourth-order valence-corrected chi connectivity index (χ4v) is 5.05. The molecule has 34 heavy (non-hydrogen) atoms. The van der Waals surface area contributed by atoms with Crippen molar-refractivity contribution in [3.05, 3.63) is 59.4 Å². The third-order valence-electron chi connectivity index (χ3n) is 6.90. The van der Waals surface area contributed by atoms with Crippen LogP contribution in [0.5, 0.6) is 5.75 Å². The van der Waals surface area contributed by atoms with Crippen molar-refractivity contribution in [2.75, 3.05) is 11.9 Å². The minimum atomic E-state index is -0.725. The lowest BCUT2D eigenvalue weighted by molar-refractivity contribution is -0.182. The van der Waals surface area contributed by atoms with E-state index in [1.54, 1.807) is 12.1 Å². The molecule has 0 saturated heterocycles. The number of benzene rings is 2. The molecule has 5 nitrogen and oxygen atoms in total. The Morgan fingerprint density at radius 2 is 1.85 bits per heavy atom. The lowest BCUT2D eigenvalue weighted by Gasteiger charge is -2.43. The molecule has 2 aromatic carbocycles. The van der Waals surface area contributed by atoms with Gasteiger partial charge in [-0.25, -0.2) is 4.39 Å². The van der Waals surface area contributed by atoms with Crippen molar-refractivity contribution in [2.45, 2.75) is 83.6 Å². The first-order chi connectivity index (χ1) is 16.3. The highest BCUT2D eigenvalue weighted by molar-refractivity contribution is 5.66. The predicted molar refractivity (Wildman–Crippen MR) is 130 cm³/mol. The smallest absolute Gasteiger partial charge is 0.303 e. The lowest BCUT2D eigenvalue weighted by atomic mass is 9.86. The maximum Gasteiger partial charge on any atom is 0.303 e. The Kier molecular flexibility index (Phi) is 7.77. The molecule has 0 radical (unpaired) electrons. The topological polar surface area (TPSA) is 56.8 Å². The average Bonchev–Trinajstić information content (AvgIpc) is 2.81. The number of hydrogen-bond donors (Lipinski definition) is 1. The molecule has 1 fully saturated rings. The molecular weight excluding hydrogens is 433 g/mol. The second kappa shape index (κ2) is 10.8. The average molecular weight is 470 g/mol. The SMILES string of the molecule is CC(=O)OC1C(OCCC2CCCCC2)c2cc(NCc3ccc(F)cc3)ccc2OC1(C)C. The molecule has 6 heteroatoms. The van der Waals surface area contributed by atoms with E-state index in [9.17, 15) is 9.18 Å². The predicted octanol–water partition coefficient (Wildman–Crippen LogP) is 6.57. The molecule has 2 aliphatic rings. The number of esters is 1. The van der Waals surface area contributed by atoms with Gasteiger partial charge in [-0.05, 0) is 62.1 Å². The van der Waals surface area contributed by atoms with Gasteiger partial charge < -0.3 is 19.5 Å². The van der Waals surface area contributed by atoms with Crippen LogP contribution in [0.1, 0.15) is 76.5 Å². The molecule has 0 aromatic heterocycles. The van der Waals surface area contributed by atoms with Crippen LogP contribution in [0.2, 0.25) is 0 Å². The fourth-order valence-electron chi connectivity index (χ4n) is 5.05. The van der Waals surface area contributed by atoms with E-state index in [-0.39, 0.29) is 11.8 Å². The van der Waals surface area contributed by atoms with E-state index in [2.05, 4.69) is 5.32 Å². The van der Waals surface area contributed by atoms with E-state index in [4.69, 9.17) is 14.2 Å². The van der Waals surface area contributed by atoms with E-state index in [1.165, 1.54) is 51.2 Å². The number of nitrogens with one attached hydrogen (secondary N) is 1. The van der Waals surface area contributed by atoms with Crippen LogP contribution in [0.3, 0.4) is 0 Å². The van der Waals surface area contributed by atoms with Gasteiger partial charge in [0.05, 0.1) is 0 Å². The van der Waals surface area contributed by atoms with Gasteiger partial charge in [0.25, 0.3) is 0 Å². The third kappa shape index (κ3) is 6.09. The molecule has 1 heterocycles. The van der Waals surface area contributed by atoms with Crippen LogP contribution in [0.15, 0.2) is 42.5 Å². The van der Waals surface area contributed by atoms with Gasteiger partial charge in [-0.1, -0.05) is 44.2 Å². The van der Waals surface area contributed by atoms with E-state index in [1.807, 2.05) is 32.0 Å². The highest BCUT2D eigenvalue weighted by Gasteiger charge is 2.47. The van der Waals surface area contributed by atoms with Gasteiger partial charge in [0, 0.05) is 31.3 Å². The van der Waals surface area contributed by atoms with Crippen molar-refractivity contribution in [3.63, 3.8) is 0 Å². The standard InChI is InChI=1S/C28H36FNO4/c1-19(31)33-27-26(32-16-15-20-7-5-4-6-8-20)24-17-23(13-14-25(24)34-28(27,2)3)30-18-21-9-11-22(29)12-10-21/h9-14,17,20,26-27,30H,4-8,15-16,18H2,1-3H3. The van der Waals surface area contributed by atoms with Crippen LogP contribution in [0, 0.1) is 11.7 Å². The Hall–Kier alpha value is -2.60. The van der Waals surface area contributed by atoms with Gasteiger partial charge in [-0.2, -0.15) is 0 Å². The summed E-state index contributed by atoms with van der Waals surface area (Å²) < 4.78 is 31.7. The minimum Gasteiger partial charge on any atom is -0.483 e. The van der Waals surface area contributed by atoms with Gasteiger partial charge in [-0.15, -0.1) is 0 Å². The molecule has 2 atom stereocenters. The van der Waals surface area contributed by atoms with Gasteiger partial charge >= 0.3 is 5.97 Å². The van der Waals surface area contributed by atoms with E-state index in [0.717, 1.165) is 29.0 Å². The number of anilines is 1. The molecule has 184 valence electrons. The van der Waals surface area contributed by atoms with E-state index < -0.39 is 17.8 Å². The Labute approximate surface area is 202 Å². The third-order valence-corrected chi connectivity index (χ3v) is 6.90. The quantitative estimate of drug-likeness (QED) is 0.443. The summed E-state index contributed by atoms with van der Waals surface area (Å²) in [4.78, 5) is 12.0. The minimum absolute atomic E-state index is 0.248. The molecule has 1 aliphatic heterocycles. The number of ether oxygens (including phenoxy) is 3. The second-order valence-corrected chi connectivity index (χ2v) is 10.1. The molecular formula is C28H36FNO4. The number of halogens is 1. The summed E-state index contributed by atoms with van der Waals surface area (Å²) >= 11 is 0. The molecule has 1 N–H and O–H groups in total. The Morgan fingerprint density at radius 3 is 2.56 bits per heavy atom. The highest BCUT2D eigenvalue weighted by atomic mass is 19.1. The van der Waals surface area contributed by atoms with Crippen molar-refractivity contribution in [2.24, 2.45) is 5.92 Å². The van der Waals surface area contributed by atoms with Gasteiger partial charge in [0.1, 0.15) is 23.3 Å². The molecule has 2 unspecified atom stereocenters. The monoisotopic (exact) mass is 469 g/mol. The van der Waals surface area contributed by atoms with Crippen molar-refractivity contribution >= 4 is 11.7 Å². The number of carbonyl (C=O) groups is 1. The van der Waals surface area contributed by atoms with Crippen molar-refractivity contribution < 1.29 is 23.4 Å². The molecule has 0 bridgehead atoms. The summed E-state index contributed by atoms with van der Waals surface area (Å²) in [6.07, 6.45) is 6.51. The van der Waals surface area contributed by atoms with Crippen LogP contribution < -0.4 is 10.1 Å². The maximum absolute atomic E-state index is 13.2. The number of fused-ring (bicyclic) bond motifs is 1. The molecule has 1 aliphatic carbocycles. The van der Waals surface area contributed by atoms with Gasteiger partial charge in [0.2, 0.25) is 0 Å². The summed E-state index contributed by atoms with van der Waals surface area (Å²) in [7, 11) is 0. The summed E-state index contributed by atoms with van der Waals surface area (Å²) in [5.74, 6) is 0.846. The number of hydrogen-bond acceptors (Lipinski definition) is 5. The van der Waals surface area contributed by atoms with E-state index >= 15 is 0 Å². The maximum atomic E-state index is 13.2. The number of carbonyl (C=O) groups excluding carboxylic acids is 1. The summed E-state index contributed by atoms with van der Waals surface area (Å²) in [6.45, 7) is 6.47. The normalized spacial score (nSPS) is 21.9. The van der Waals surface area contributed by atoms with Gasteiger partial charge in [0.15, 0.2) is 6.10 Å². The van der Waals surface area contributed by atoms with Crippen LogP contribution in [0.25, 0.3) is 0 Å². The summed E-state index contributed by atoms with van der Waals surface area (Å²) in [6, 6.07) is 12.4. The van der Waals surface area contributed by atoms with Crippen molar-refractivity contribution in [1.29, 1.82) is 0 Å². The van der Waals surface area contributed by atoms with E-state index in [0.29, 0.717) is 19.1 Å². The molecule has 2 aromatic rings. The first-order valence-corrected chi connectivity index (χ1v) is 12.4. The number of rotatable bonds is 8. The zero-order chi connectivity index (χ0) is 24.1.